The highest BCUT2D eigenvalue weighted by Gasteiger charge is 2.26. The highest BCUT2D eigenvalue weighted by atomic mass is 35.5. The Bertz CT molecular complexity index is 1460. The zero-order valence-corrected chi connectivity index (χ0v) is 21.3. The summed E-state index contributed by atoms with van der Waals surface area (Å²) >= 11 is 5.95. The molecule has 2 amide bonds. The van der Waals surface area contributed by atoms with Gasteiger partial charge in [-0.25, -0.2) is 14.2 Å². The molecule has 1 aliphatic heterocycles. The fourth-order valence-electron chi connectivity index (χ4n) is 4.76. The van der Waals surface area contributed by atoms with E-state index in [9.17, 15) is 19.1 Å². The minimum absolute atomic E-state index is 0.213. The topological polar surface area (TPSA) is 99.5 Å². The van der Waals surface area contributed by atoms with E-state index in [0.717, 1.165) is 36.0 Å². The number of carbonyl (C=O) groups excluding carboxylic acids is 1. The number of rotatable bonds is 7. The Labute approximate surface area is 224 Å². The summed E-state index contributed by atoms with van der Waals surface area (Å²) in [6, 6.07) is 18.7. The summed E-state index contributed by atoms with van der Waals surface area (Å²) in [6.07, 6.45) is 0.507. The molecular weight excluding hydrogens is 509 g/mol. The smallest absolute Gasteiger partial charge is 0.404 e. The summed E-state index contributed by atoms with van der Waals surface area (Å²) in [6.45, 7) is 1.97. The Kier molecular flexibility index (Phi) is 7.46. The highest BCUT2D eigenvalue weighted by Crippen LogP contribution is 2.28. The van der Waals surface area contributed by atoms with E-state index < -0.39 is 6.09 Å². The van der Waals surface area contributed by atoms with Crippen molar-refractivity contribution < 1.29 is 19.1 Å². The van der Waals surface area contributed by atoms with Gasteiger partial charge in [0.25, 0.3) is 5.91 Å². The van der Waals surface area contributed by atoms with E-state index in [1.54, 1.807) is 30.3 Å². The molecule has 1 atom stereocenters. The number of nitrogens with one attached hydrogen (secondary N) is 2. The van der Waals surface area contributed by atoms with E-state index >= 15 is 0 Å². The van der Waals surface area contributed by atoms with Crippen LogP contribution in [0.25, 0.3) is 11.0 Å². The van der Waals surface area contributed by atoms with Crippen molar-refractivity contribution in [2.45, 2.75) is 32.0 Å². The van der Waals surface area contributed by atoms with E-state index in [2.05, 4.69) is 15.5 Å². The Morgan fingerprint density at radius 2 is 1.79 bits per heavy atom. The first-order valence-electron chi connectivity index (χ1n) is 12.4. The standard InChI is InChI=1S/C28H27ClFN5O3/c29-21-8-3-18(4-9-21)15-31-26(36)20-7-12-24-25(14-20)35(16-19-5-10-22(30)11-6-19)27(33-24)34-13-1-2-23(17-34)32-28(37)38/h3-12,14,23,32H,1-2,13,15-17H2,(H,31,36)(H,37,38)/t23-/m1/s1. The first-order chi connectivity index (χ1) is 18.4. The van der Waals surface area contributed by atoms with E-state index in [0.29, 0.717) is 41.7 Å². The molecule has 1 aromatic heterocycles. The summed E-state index contributed by atoms with van der Waals surface area (Å²) < 4.78 is 15.6. The largest absolute Gasteiger partial charge is 0.465 e. The number of amides is 2. The molecule has 0 unspecified atom stereocenters. The number of anilines is 1. The van der Waals surface area contributed by atoms with Crippen LogP contribution in [0.3, 0.4) is 0 Å². The normalized spacial score (nSPS) is 15.4. The van der Waals surface area contributed by atoms with Crippen LogP contribution in [0, 0.1) is 5.82 Å². The second kappa shape index (κ2) is 11.1. The van der Waals surface area contributed by atoms with Gasteiger partial charge in [-0.05, 0) is 66.4 Å². The molecule has 1 fully saturated rings. The minimum Gasteiger partial charge on any atom is -0.465 e. The van der Waals surface area contributed by atoms with Crippen molar-refractivity contribution in [2.24, 2.45) is 0 Å². The van der Waals surface area contributed by atoms with Crippen molar-refractivity contribution in [1.29, 1.82) is 0 Å². The van der Waals surface area contributed by atoms with Crippen LogP contribution >= 0.6 is 11.6 Å². The first kappa shape index (κ1) is 25.5. The minimum atomic E-state index is -1.05. The van der Waals surface area contributed by atoms with Crippen LogP contribution in [-0.4, -0.2) is 45.8 Å². The lowest BCUT2D eigenvalue weighted by Crippen LogP contribution is -2.48. The zero-order valence-electron chi connectivity index (χ0n) is 20.5. The number of piperidine rings is 1. The molecule has 2 heterocycles. The summed E-state index contributed by atoms with van der Waals surface area (Å²) in [5.74, 6) is 0.143. The third-order valence-electron chi connectivity index (χ3n) is 6.64. The Morgan fingerprint density at radius 3 is 2.53 bits per heavy atom. The van der Waals surface area contributed by atoms with Gasteiger partial charge >= 0.3 is 6.09 Å². The molecule has 38 heavy (non-hydrogen) atoms. The predicted molar refractivity (Wildman–Crippen MR) is 144 cm³/mol. The molecule has 1 aliphatic rings. The average molecular weight is 536 g/mol. The van der Waals surface area contributed by atoms with Gasteiger partial charge in [0.1, 0.15) is 5.82 Å². The maximum Gasteiger partial charge on any atom is 0.404 e. The quantitative estimate of drug-likeness (QED) is 0.308. The number of hydrogen-bond acceptors (Lipinski definition) is 4. The molecule has 0 aliphatic carbocycles. The van der Waals surface area contributed by atoms with Gasteiger partial charge < -0.3 is 25.2 Å². The molecule has 0 saturated carbocycles. The van der Waals surface area contributed by atoms with Gasteiger partial charge in [-0.1, -0.05) is 35.9 Å². The van der Waals surface area contributed by atoms with Gasteiger partial charge in [0.05, 0.1) is 17.6 Å². The maximum atomic E-state index is 13.6. The predicted octanol–water partition coefficient (Wildman–Crippen LogP) is 5.04. The second-order valence-electron chi connectivity index (χ2n) is 9.37. The summed E-state index contributed by atoms with van der Waals surface area (Å²) in [7, 11) is 0. The van der Waals surface area contributed by atoms with Crippen LogP contribution in [0.1, 0.15) is 34.3 Å². The van der Waals surface area contributed by atoms with Gasteiger partial charge in [-0.2, -0.15) is 0 Å². The van der Waals surface area contributed by atoms with E-state index in [-0.39, 0.29) is 17.8 Å². The molecule has 196 valence electrons. The van der Waals surface area contributed by atoms with Crippen LogP contribution in [0.5, 0.6) is 0 Å². The van der Waals surface area contributed by atoms with E-state index in [1.807, 2.05) is 28.8 Å². The molecule has 5 rings (SSSR count). The second-order valence-corrected chi connectivity index (χ2v) is 9.81. The van der Waals surface area contributed by atoms with E-state index in [1.165, 1.54) is 12.1 Å². The Morgan fingerprint density at radius 1 is 1.05 bits per heavy atom. The fraction of sp³-hybridized carbons (Fsp3) is 0.250. The molecule has 10 heteroatoms. The Balaban J connectivity index is 1.46. The fourth-order valence-corrected chi connectivity index (χ4v) is 4.88. The highest BCUT2D eigenvalue weighted by molar-refractivity contribution is 6.30. The molecule has 3 N–H and O–H groups in total. The van der Waals surface area contributed by atoms with Crippen LogP contribution < -0.4 is 15.5 Å². The molecule has 3 aromatic carbocycles. The number of imidazole rings is 1. The zero-order chi connectivity index (χ0) is 26.6. The van der Waals surface area contributed by atoms with Crippen molar-refractivity contribution in [3.8, 4) is 0 Å². The lowest BCUT2D eigenvalue weighted by molar-refractivity contribution is 0.0951. The van der Waals surface area contributed by atoms with Crippen molar-refractivity contribution >= 4 is 40.6 Å². The van der Waals surface area contributed by atoms with Gasteiger partial charge in [-0.3, -0.25) is 4.79 Å². The number of aromatic nitrogens is 2. The van der Waals surface area contributed by atoms with Crippen molar-refractivity contribution in [1.82, 2.24) is 20.2 Å². The lowest BCUT2D eigenvalue weighted by Gasteiger charge is -2.33. The third kappa shape index (κ3) is 5.89. The number of hydrogen-bond donors (Lipinski definition) is 3. The molecule has 4 aromatic rings. The van der Waals surface area contributed by atoms with Gasteiger partial charge in [0.2, 0.25) is 5.95 Å². The van der Waals surface area contributed by atoms with Gasteiger partial charge in [0.15, 0.2) is 0 Å². The molecular formula is C28H27ClFN5O3. The molecule has 1 saturated heterocycles. The van der Waals surface area contributed by atoms with Crippen molar-refractivity contribution in [2.75, 3.05) is 18.0 Å². The number of benzene rings is 3. The van der Waals surface area contributed by atoms with Crippen LogP contribution in [0.2, 0.25) is 5.02 Å². The van der Waals surface area contributed by atoms with Crippen LogP contribution in [-0.2, 0) is 13.1 Å². The summed E-state index contributed by atoms with van der Waals surface area (Å²) in [4.78, 5) is 31.2. The first-order valence-corrected chi connectivity index (χ1v) is 12.8. The molecule has 8 nitrogen and oxygen atoms in total. The molecule has 0 radical (unpaired) electrons. The summed E-state index contributed by atoms with van der Waals surface area (Å²) in [5.41, 5.74) is 3.77. The van der Waals surface area contributed by atoms with Gasteiger partial charge in [-0.15, -0.1) is 0 Å². The number of carboxylic acid groups (broad SMARTS) is 1. The average Bonchev–Trinajstić information content (AvgIpc) is 3.27. The molecule has 0 spiro atoms. The van der Waals surface area contributed by atoms with Crippen LogP contribution in [0.4, 0.5) is 15.1 Å². The van der Waals surface area contributed by atoms with Crippen molar-refractivity contribution in [3.05, 3.63) is 94.3 Å². The maximum absolute atomic E-state index is 13.6. The Hall–Kier alpha value is -4.11. The lowest BCUT2D eigenvalue weighted by atomic mass is 10.1. The van der Waals surface area contributed by atoms with Crippen LogP contribution in [0.15, 0.2) is 66.7 Å². The van der Waals surface area contributed by atoms with E-state index in [4.69, 9.17) is 16.6 Å². The molecule has 0 bridgehead atoms. The number of carbonyl (C=O) groups is 2. The van der Waals surface area contributed by atoms with Crippen molar-refractivity contribution in [3.63, 3.8) is 0 Å². The number of halogens is 2. The third-order valence-corrected chi connectivity index (χ3v) is 6.89. The number of nitrogens with zero attached hydrogens (tertiary/aromatic N) is 3. The van der Waals surface area contributed by atoms with Gasteiger partial charge in [0, 0.05) is 36.3 Å². The number of fused-ring (bicyclic) bond motifs is 1. The SMILES string of the molecule is O=C(O)N[C@@H]1CCCN(c2nc3ccc(C(=O)NCc4ccc(Cl)cc4)cc3n2Cc2ccc(F)cc2)C1. The summed E-state index contributed by atoms with van der Waals surface area (Å²) in [5, 5.41) is 15.4. The monoisotopic (exact) mass is 535 g/mol.